The van der Waals surface area contributed by atoms with Crippen molar-refractivity contribution in [3.05, 3.63) is 35.4 Å². The van der Waals surface area contributed by atoms with Gasteiger partial charge < -0.3 is 15.8 Å². The molecule has 0 heterocycles. The molecule has 1 rings (SSSR count). The fraction of sp³-hybridized carbons (Fsp3) is 0.385. The molecule has 0 radical (unpaired) electrons. The zero-order chi connectivity index (χ0) is 15.3. The van der Waals surface area contributed by atoms with Gasteiger partial charge in [0.05, 0.1) is 13.0 Å². The van der Waals surface area contributed by atoms with E-state index in [4.69, 9.17) is 10.9 Å². The van der Waals surface area contributed by atoms with Gasteiger partial charge in [0.1, 0.15) is 11.6 Å². The monoisotopic (exact) mass is 285 g/mol. The summed E-state index contributed by atoms with van der Waals surface area (Å²) < 4.78 is 27.0. The van der Waals surface area contributed by atoms with E-state index in [-0.39, 0.29) is 24.0 Å². The van der Waals surface area contributed by atoms with Crippen LogP contribution in [0.15, 0.2) is 23.4 Å². The van der Waals surface area contributed by atoms with Crippen molar-refractivity contribution in [2.24, 2.45) is 10.9 Å². The van der Waals surface area contributed by atoms with Crippen LogP contribution >= 0.6 is 0 Å². The number of nitrogens with two attached hydrogens (primary N) is 1. The molecular weight excluding hydrogens is 268 g/mol. The van der Waals surface area contributed by atoms with E-state index in [1.165, 1.54) is 11.0 Å². The van der Waals surface area contributed by atoms with Gasteiger partial charge in [0.25, 0.3) is 0 Å². The highest BCUT2D eigenvalue weighted by atomic mass is 19.1. The van der Waals surface area contributed by atoms with Crippen LogP contribution in [-0.2, 0) is 11.2 Å². The molecule has 1 aromatic rings. The minimum absolute atomic E-state index is 0.108. The zero-order valence-electron chi connectivity index (χ0n) is 11.3. The molecule has 20 heavy (non-hydrogen) atoms. The Hall–Kier alpha value is -2.18. The van der Waals surface area contributed by atoms with Crippen molar-refractivity contribution in [3.63, 3.8) is 0 Å². The van der Waals surface area contributed by atoms with Gasteiger partial charge in [0.2, 0.25) is 5.91 Å². The fourth-order valence-corrected chi connectivity index (χ4v) is 1.72. The number of hydrogen-bond acceptors (Lipinski definition) is 3. The minimum Gasteiger partial charge on any atom is -0.409 e. The second kappa shape index (κ2) is 6.83. The Kier molecular flexibility index (Phi) is 5.42. The van der Waals surface area contributed by atoms with Crippen LogP contribution in [0.25, 0.3) is 0 Å². The molecule has 0 bridgehead atoms. The summed E-state index contributed by atoms with van der Waals surface area (Å²) in [4.78, 5) is 13.4. The van der Waals surface area contributed by atoms with Crippen LogP contribution in [-0.4, -0.2) is 34.4 Å². The smallest absolute Gasteiger partial charge is 0.227 e. The maximum Gasteiger partial charge on any atom is 0.227 e. The van der Waals surface area contributed by atoms with Crippen LogP contribution < -0.4 is 5.73 Å². The highest BCUT2D eigenvalue weighted by molar-refractivity contribution is 5.87. The molecule has 1 amide bonds. The number of carbonyl (C=O) groups excluding carboxylic acids is 1. The molecule has 1 aromatic carbocycles. The molecule has 5 nitrogen and oxygen atoms in total. The van der Waals surface area contributed by atoms with Gasteiger partial charge in [-0.25, -0.2) is 8.78 Å². The topological polar surface area (TPSA) is 78.9 Å². The number of oxime groups is 1. The fourth-order valence-electron chi connectivity index (χ4n) is 1.72. The number of carbonyl (C=O) groups is 1. The Labute approximate surface area is 115 Å². The van der Waals surface area contributed by atoms with E-state index >= 15 is 0 Å². The van der Waals surface area contributed by atoms with Crippen LogP contribution in [0.1, 0.15) is 19.4 Å². The maximum absolute atomic E-state index is 13.5. The minimum atomic E-state index is -0.772. The molecule has 0 unspecified atom stereocenters. The Bertz CT molecular complexity index is 498. The number of amides is 1. The van der Waals surface area contributed by atoms with Crippen LogP contribution in [0.4, 0.5) is 8.78 Å². The molecule has 0 aliphatic carbocycles. The molecule has 0 aliphatic rings. The maximum atomic E-state index is 13.5. The average molecular weight is 285 g/mol. The standard InChI is InChI=1S/C13H17F2N3O2/c1-8(2)18(7-12(16)17-20)13(19)6-9-10(14)4-3-5-11(9)15/h3-5,8,20H,6-7H2,1-2H3,(H2,16,17). The summed E-state index contributed by atoms with van der Waals surface area (Å²) in [5, 5.41) is 11.3. The molecule has 0 atom stereocenters. The van der Waals surface area contributed by atoms with E-state index in [9.17, 15) is 13.6 Å². The summed E-state index contributed by atoms with van der Waals surface area (Å²) in [6.07, 6.45) is -0.421. The lowest BCUT2D eigenvalue weighted by Gasteiger charge is -2.26. The molecule has 0 aliphatic heterocycles. The summed E-state index contributed by atoms with van der Waals surface area (Å²) in [6.45, 7) is 3.34. The van der Waals surface area contributed by atoms with E-state index in [0.29, 0.717) is 0 Å². The van der Waals surface area contributed by atoms with Crippen molar-refractivity contribution in [1.29, 1.82) is 0 Å². The third-order valence-corrected chi connectivity index (χ3v) is 2.79. The Balaban J connectivity index is 2.92. The molecule has 0 spiro atoms. The van der Waals surface area contributed by atoms with Gasteiger partial charge in [-0.05, 0) is 26.0 Å². The van der Waals surface area contributed by atoms with Gasteiger partial charge in [0, 0.05) is 11.6 Å². The van der Waals surface area contributed by atoms with Gasteiger partial charge in [-0.1, -0.05) is 11.2 Å². The van der Waals surface area contributed by atoms with Gasteiger partial charge in [-0.3, -0.25) is 4.79 Å². The van der Waals surface area contributed by atoms with Gasteiger partial charge in [-0.2, -0.15) is 0 Å². The molecule has 0 saturated carbocycles. The van der Waals surface area contributed by atoms with Crippen molar-refractivity contribution in [2.45, 2.75) is 26.3 Å². The molecule has 0 aromatic heterocycles. The highest BCUT2D eigenvalue weighted by Gasteiger charge is 2.21. The van der Waals surface area contributed by atoms with Crippen LogP contribution in [0.3, 0.4) is 0 Å². The Morgan fingerprint density at radius 2 is 1.95 bits per heavy atom. The Morgan fingerprint density at radius 1 is 1.40 bits per heavy atom. The van der Waals surface area contributed by atoms with Crippen molar-refractivity contribution in [3.8, 4) is 0 Å². The lowest BCUT2D eigenvalue weighted by Crippen LogP contribution is -2.43. The van der Waals surface area contributed by atoms with Gasteiger partial charge >= 0.3 is 0 Å². The molecular formula is C13H17F2N3O2. The van der Waals surface area contributed by atoms with E-state index < -0.39 is 24.0 Å². The molecule has 7 heteroatoms. The Morgan fingerprint density at radius 3 is 2.40 bits per heavy atom. The van der Waals surface area contributed by atoms with Gasteiger partial charge in [-0.15, -0.1) is 0 Å². The molecule has 110 valence electrons. The van der Waals surface area contributed by atoms with E-state index in [1.54, 1.807) is 13.8 Å². The first-order valence-corrected chi connectivity index (χ1v) is 6.05. The van der Waals surface area contributed by atoms with E-state index in [2.05, 4.69) is 5.16 Å². The largest absolute Gasteiger partial charge is 0.409 e. The third kappa shape index (κ3) is 3.91. The summed E-state index contributed by atoms with van der Waals surface area (Å²) in [7, 11) is 0. The molecule has 0 saturated heterocycles. The summed E-state index contributed by atoms with van der Waals surface area (Å²) in [6, 6.07) is 3.16. The number of hydrogen-bond donors (Lipinski definition) is 2. The number of benzene rings is 1. The van der Waals surface area contributed by atoms with Crippen LogP contribution in [0, 0.1) is 11.6 Å². The predicted octanol–water partition coefficient (Wildman–Crippen LogP) is 1.49. The summed E-state index contributed by atoms with van der Waals surface area (Å²) >= 11 is 0. The van der Waals surface area contributed by atoms with Gasteiger partial charge in [0.15, 0.2) is 5.84 Å². The predicted molar refractivity (Wildman–Crippen MR) is 70.3 cm³/mol. The number of rotatable bonds is 5. The third-order valence-electron chi connectivity index (χ3n) is 2.79. The zero-order valence-corrected chi connectivity index (χ0v) is 11.3. The van der Waals surface area contributed by atoms with Crippen molar-refractivity contribution in [2.75, 3.05) is 6.54 Å². The van der Waals surface area contributed by atoms with Crippen molar-refractivity contribution in [1.82, 2.24) is 4.90 Å². The second-order valence-electron chi connectivity index (χ2n) is 4.58. The quantitative estimate of drug-likeness (QED) is 0.372. The van der Waals surface area contributed by atoms with Crippen LogP contribution in [0.2, 0.25) is 0 Å². The van der Waals surface area contributed by atoms with Crippen molar-refractivity contribution < 1.29 is 18.8 Å². The van der Waals surface area contributed by atoms with E-state index in [1.807, 2.05) is 0 Å². The van der Waals surface area contributed by atoms with Crippen LogP contribution in [0.5, 0.6) is 0 Å². The van der Waals surface area contributed by atoms with E-state index in [0.717, 1.165) is 12.1 Å². The number of halogens is 2. The normalized spacial score (nSPS) is 11.8. The molecule has 0 fully saturated rings. The number of nitrogens with zero attached hydrogens (tertiary/aromatic N) is 2. The summed E-state index contributed by atoms with van der Waals surface area (Å²) in [5.74, 6) is -2.20. The highest BCUT2D eigenvalue weighted by Crippen LogP contribution is 2.14. The lowest BCUT2D eigenvalue weighted by molar-refractivity contribution is -0.131. The SMILES string of the molecule is CC(C)N(C/C(N)=N/O)C(=O)Cc1c(F)cccc1F. The second-order valence-corrected chi connectivity index (χ2v) is 4.58. The average Bonchev–Trinajstić information content (AvgIpc) is 2.39. The van der Waals surface area contributed by atoms with Crippen molar-refractivity contribution >= 4 is 11.7 Å². The lowest BCUT2D eigenvalue weighted by atomic mass is 10.1. The number of amidine groups is 1. The molecule has 3 N–H and O–H groups in total. The first kappa shape index (κ1) is 15.9. The first-order valence-electron chi connectivity index (χ1n) is 6.05. The summed E-state index contributed by atoms with van der Waals surface area (Å²) in [5.41, 5.74) is 5.07. The first-order chi connectivity index (χ1) is 9.36.